The van der Waals surface area contributed by atoms with Crippen molar-refractivity contribution in [3.05, 3.63) is 11.6 Å². The fraction of sp³-hybridized carbons (Fsp3) is 0.800. The molecule has 116 valence electrons. The summed E-state index contributed by atoms with van der Waals surface area (Å²) in [6.07, 6.45) is 3.50. The molecule has 2 unspecified atom stereocenters. The summed E-state index contributed by atoms with van der Waals surface area (Å²) < 4.78 is 1.92. The zero-order chi connectivity index (χ0) is 15.0. The first-order valence-corrected chi connectivity index (χ1v) is 7.95. The van der Waals surface area contributed by atoms with E-state index in [1.807, 2.05) is 4.68 Å². The number of aromatic nitrogens is 3. The topological polar surface area (TPSA) is 71.2 Å². The minimum atomic E-state index is -0.713. The largest absolute Gasteiger partial charge is 0.481 e. The second-order valence-electron chi connectivity index (χ2n) is 6.57. The SMILES string of the molecule is CC(C)N1CCCC(c2nc3n(n2)CCC(C(=O)O)C3)C1. The number of carboxylic acids is 1. The van der Waals surface area contributed by atoms with Crippen LogP contribution in [0.3, 0.4) is 0 Å². The number of fused-ring (bicyclic) bond motifs is 1. The van der Waals surface area contributed by atoms with Crippen LogP contribution in [0.25, 0.3) is 0 Å². The average molecular weight is 292 g/mol. The van der Waals surface area contributed by atoms with Crippen molar-refractivity contribution in [2.75, 3.05) is 13.1 Å². The molecule has 1 fully saturated rings. The fourth-order valence-electron chi connectivity index (χ4n) is 3.39. The van der Waals surface area contributed by atoms with Gasteiger partial charge in [-0.3, -0.25) is 4.79 Å². The maximum absolute atomic E-state index is 11.1. The number of rotatable bonds is 3. The van der Waals surface area contributed by atoms with Crippen molar-refractivity contribution in [3.63, 3.8) is 0 Å². The normalized spacial score (nSPS) is 26.8. The number of carboxylic acid groups (broad SMARTS) is 1. The van der Waals surface area contributed by atoms with E-state index in [-0.39, 0.29) is 5.92 Å². The van der Waals surface area contributed by atoms with Gasteiger partial charge in [-0.1, -0.05) is 0 Å². The van der Waals surface area contributed by atoms with E-state index in [9.17, 15) is 4.79 Å². The van der Waals surface area contributed by atoms with E-state index < -0.39 is 5.97 Å². The summed E-state index contributed by atoms with van der Waals surface area (Å²) in [5.74, 6) is 1.15. The third kappa shape index (κ3) is 2.95. The lowest BCUT2D eigenvalue weighted by atomic mass is 9.96. The van der Waals surface area contributed by atoms with Crippen molar-refractivity contribution in [2.24, 2.45) is 5.92 Å². The molecule has 2 atom stereocenters. The number of hydrogen-bond acceptors (Lipinski definition) is 4. The standard InChI is InChI=1S/C15H24N4O2/c1-10(2)18-6-3-4-12(9-18)14-16-13-8-11(15(20)21)5-7-19(13)17-14/h10-12H,3-9H2,1-2H3,(H,20,21). The molecule has 0 radical (unpaired) electrons. The Labute approximate surface area is 125 Å². The molecule has 0 saturated carbocycles. The maximum Gasteiger partial charge on any atom is 0.307 e. The summed E-state index contributed by atoms with van der Waals surface area (Å²) in [5.41, 5.74) is 0. The smallest absolute Gasteiger partial charge is 0.307 e. The third-order valence-corrected chi connectivity index (χ3v) is 4.78. The van der Waals surface area contributed by atoms with E-state index in [4.69, 9.17) is 5.11 Å². The Kier molecular flexibility index (Phi) is 3.97. The van der Waals surface area contributed by atoms with Crippen LogP contribution in [0.5, 0.6) is 0 Å². The highest BCUT2D eigenvalue weighted by Gasteiger charge is 2.30. The molecular weight excluding hydrogens is 268 g/mol. The molecule has 0 bridgehead atoms. The highest BCUT2D eigenvalue weighted by Crippen LogP contribution is 2.28. The summed E-state index contributed by atoms with van der Waals surface area (Å²) in [5, 5.41) is 13.8. The van der Waals surface area contributed by atoms with Gasteiger partial charge in [-0.05, 0) is 39.7 Å². The van der Waals surface area contributed by atoms with Crippen molar-refractivity contribution < 1.29 is 9.90 Å². The van der Waals surface area contributed by atoms with Crippen molar-refractivity contribution in [1.82, 2.24) is 19.7 Å². The average Bonchev–Trinajstić information content (AvgIpc) is 2.90. The van der Waals surface area contributed by atoms with Crippen LogP contribution in [0.4, 0.5) is 0 Å². The minimum Gasteiger partial charge on any atom is -0.481 e. The van der Waals surface area contributed by atoms with Gasteiger partial charge in [0.05, 0.1) is 5.92 Å². The molecule has 3 rings (SSSR count). The predicted molar refractivity (Wildman–Crippen MR) is 78.2 cm³/mol. The summed E-state index contributed by atoms with van der Waals surface area (Å²) in [6, 6.07) is 0.557. The lowest BCUT2D eigenvalue weighted by molar-refractivity contribution is -0.142. The highest BCUT2D eigenvalue weighted by molar-refractivity contribution is 5.70. The Morgan fingerprint density at radius 2 is 2.14 bits per heavy atom. The van der Waals surface area contributed by atoms with Crippen LogP contribution >= 0.6 is 0 Å². The number of likely N-dealkylation sites (tertiary alicyclic amines) is 1. The molecule has 1 aromatic heterocycles. The van der Waals surface area contributed by atoms with Gasteiger partial charge in [0.2, 0.25) is 0 Å². The zero-order valence-electron chi connectivity index (χ0n) is 12.8. The molecule has 1 saturated heterocycles. The van der Waals surface area contributed by atoms with E-state index in [1.54, 1.807) is 0 Å². The fourth-order valence-corrected chi connectivity index (χ4v) is 3.39. The zero-order valence-corrected chi connectivity index (χ0v) is 12.8. The number of nitrogens with zero attached hydrogens (tertiary/aromatic N) is 4. The number of carbonyl (C=O) groups is 1. The van der Waals surface area contributed by atoms with E-state index in [2.05, 4.69) is 28.8 Å². The summed E-state index contributed by atoms with van der Waals surface area (Å²) in [6.45, 7) is 7.31. The van der Waals surface area contributed by atoms with Gasteiger partial charge >= 0.3 is 5.97 Å². The van der Waals surface area contributed by atoms with Crippen LogP contribution in [-0.4, -0.2) is 49.9 Å². The Morgan fingerprint density at radius 3 is 2.86 bits per heavy atom. The Balaban J connectivity index is 1.74. The molecule has 1 aromatic rings. The maximum atomic E-state index is 11.1. The van der Waals surface area contributed by atoms with Gasteiger partial charge in [-0.15, -0.1) is 0 Å². The first-order chi connectivity index (χ1) is 10.0. The Morgan fingerprint density at radius 1 is 1.33 bits per heavy atom. The van der Waals surface area contributed by atoms with Crippen LogP contribution in [0.15, 0.2) is 0 Å². The third-order valence-electron chi connectivity index (χ3n) is 4.78. The van der Waals surface area contributed by atoms with E-state index in [0.29, 0.717) is 31.3 Å². The van der Waals surface area contributed by atoms with Crippen LogP contribution in [-0.2, 0) is 17.8 Å². The minimum absolute atomic E-state index is 0.298. The van der Waals surface area contributed by atoms with Gasteiger partial charge < -0.3 is 10.0 Å². The van der Waals surface area contributed by atoms with Gasteiger partial charge in [0, 0.05) is 31.5 Å². The van der Waals surface area contributed by atoms with Crippen molar-refractivity contribution in [3.8, 4) is 0 Å². The Bertz CT molecular complexity index is 526. The Hall–Kier alpha value is -1.43. The van der Waals surface area contributed by atoms with Crippen LogP contribution in [0.2, 0.25) is 0 Å². The van der Waals surface area contributed by atoms with Gasteiger partial charge in [-0.2, -0.15) is 5.10 Å². The molecule has 6 nitrogen and oxygen atoms in total. The van der Waals surface area contributed by atoms with Crippen LogP contribution < -0.4 is 0 Å². The summed E-state index contributed by atoms with van der Waals surface area (Å²) >= 11 is 0. The summed E-state index contributed by atoms with van der Waals surface area (Å²) in [7, 11) is 0. The molecule has 0 aromatic carbocycles. The van der Waals surface area contributed by atoms with Gasteiger partial charge in [0.25, 0.3) is 0 Å². The first kappa shape index (κ1) is 14.5. The molecule has 0 spiro atoms. The van der Waals surface area contributed by atoms with Gasteiger partial charge in [0.1, 0.15) is 5.82 Å². The molecule has 6 heteroatoms. The van der Waals surface area contributed by atoms with Gasteiger partial charge in [-0.25, -0.2) is 9.67 Å². The predicted octanol–water partition coefficient (Wildman–Crippen LogP) is 1.51. The molecular formula is C15H24N4O2. The van der Waals surface area contributed by atoms with Gasteiger partial charge in [0.15, 0.2) is 5.82 Å². The highest BCUT2D eigenvalue weighted by atomic mass is 16.4. The van der Waals surface area contributed by atoms with Crippen molar-refractivity contribution >= 4 is 5.97 Å². The second kappa shape index (κ2) is 5.75. The molecule has 2 aliphatic rings. The van der Waals surface area contributed by atoms with Crippen LogP contribution in [0.1, 0.15) is 50.7 Å². The monoisotopic (exact) mass is 292 g/mol. The number of piperidine rings is 1. The number of aliphatic carboxylic acids is 1. The number of aryl methyl sites for hydroxylation is 1. The molecule has 0 aliphatic carbocycles. The molecule has 3 heterocycles. The van der Waals surface area contributed by atoms with E-state index in [0.717, 1.165) is 31.2 Å². The van der Waals surface area contributed by atoms with Crippen molar-refractivity contribution in [1.29, 1.82) is 0 Å². The van der Waals surface area contributed by atoms with Crippen LogP contribution in [0, 0.1) is 5.92 Å². The summed E-state index contributed by atoms with van der Waals surface area (Å²) in [4.78, 5) is 18.3. The lowest BCUT2D eigenvalue weighted by Gasteiger charge is -2.34. The quantitative estimate of drug-likeness (QED) is 0.914. The van der Waals surface area contributed by atoms with E-state index >= 15 is 0 Å². The number of hydrogen-bond donors (Lipinski definition) is 1. The second-order valence-corrected chi connectivity index (χ2v) is 6.57. The lowest BCUT2D eigenvalue weighted by Crippen LogP contribution is -2.39. The molecule has 2 aliphatic heterocycles. The molecule has 0 amide bonds. The first-order valence-electron chi connectivity index (χ1n) is 7.95. The molecule has 1 N–H and O–H groups in total. The van der Waals surface area contributed by atoms with E-state index in [1.165, 1.54) is 6.42 Å². The molecule has 21 heavy (non-hydrogen) atoms. The van der Waals surface area contributed by atoms with Crippen molar-refractivity contribution in [2.45, 2.75) is 58.0 Å².